The van der Waals surface area contributed by atoms with Crippen LogP contribution in [0.15, 0.2) is 6.20 Å². The van der Waals surface area contributed by atoms with Crippen LogP contribution >= 0.6 is 15.9 Å². The Morgan fingerprint density at radius 3 is 2.21 bits per heavy atom. The van der Waals surface area contributed by atoms with Gasteiger partial charge in [0.15, 0.2) is 11.5 Å². The highest BCUT2D eigenvalue weighted by Gasteiger charge is 2.39. The summed E-state index contributed by atoms with van der Waals surface area (Å²) in [5, 5.41) is 0.0559. The molecule has 0 N–H and O–H groups in total. The molecule has 0 amide bonds. The first-order chi connectivity index (χ1) is 8.84. The van der Waals surface area contributed by atoms with Crippen LogP contribution < -0.4 is 0 Å². The van der Waals surface area contributed by atoms with Gasteiger partial charge in [0.2, 0.25) is 0 Å². The summed E-state index contributed by atoms with van der Waals surface area (Å²) in [6.07, 6.45) is -2.28. The van der Waals surface area contributed by atoms with Crippen LogP contribution in [0.2, 0.25) is 0 Å². The van der Waals surface area contributed by atoms with E-state index in [0.717, 1.165) is 0 Å². The van der Waals surface area contributed by atoms with Gasteiger partial charge in [0, 0.05) is 24.2 Å². The van der Waals surface area contributed by atoms with Crippen molar-refractivity contribution in [3.05, 3.63) is 23.3 Å². The van der Waals surface area contributed by atoms with Crippen LogP contribution in [0, 0.1) is 0 Å². The lowest BCUT2D eigenvalue weighted by Gasteiger charge is -2.29. The highest BCUT2D eigenvalue weighted by Crippen LogP contribution is 2.35. The molecule has 1 rings (SSSR count). The van der Waals surface area contributed by atoms with Gasteiger partial charge >= 0.3 is 6.18 Å². The largest absolute Gasteiger partial charge is 0.433 e. The highest BCUT2D eigenvalue weighted by atomic mass is 79.9. The SMILES string of the molecule is CCC(CC)(OC)c1ncc(CBr)c(C(F)(F)F)n1. The van der Waals surface area contributed by atoms with Crippen LogP contribution in [0.4, 0.5) is 13.2 Å². The molecule has 108 valence electrons. The zero-order valence-corrected chi connectivity index (χ0v) is 12.6. The Bertz CT molecular complexity index is 425. The number of halogens is 4. The zero-order valence-electron chi connectivity index (χ0n) is 11.0. The second-order valence-electron chi connectivity index (χ2n) is 4.10. The summed E-state index contributed by atoms with van der Waals surface area (Å²) in [7, 11) is 1.46. The summed E-state index contributed by atoms with van der Waals surface area (Å²) in [5.41, 5.74) is -1.75. The van der Waals surface area contributed by atoms with Gasteiger partial charge in [-0.3, -0.25) is 0 Å². The van der Waals surface area contributed by atoms with Gasteiger partial charge in [0.25, 0.3) is 0 Å². The molecule has 0 aromatic carbocycles. The van der Waals surface area contributed by atoms with Gasteiger partial charge in [0.1, 0.15) is 5.60 Å². The van der Waals surface area contributed by atoms with Crippen molar-refractivity contribution in [2.24, 2.45) is 0 Å². The number of ether oxygens (including phenoxy) is 1. The van der Waals surface area contributed by atoms with Gasteiger partial charge < -0.3 is 4.74 Å². The van der Waals surface area contributed by atoms with Crippen molar-refractivity contribution >= 4 is 15.9 Å². The maximum atomic E-state index is 13.0. The van der Waals surface area contributed by atoms with Crippen molar-refractivity contribution in [1.82, 2.24) is 9.97 Å². The average Bonchev–Trinajstić information content (AvgIpc) is 2.40. The van der Waals surface area contributed by atoms with Crippen molar-refractivity contribution in [2.45, 2.75) is 43.8 Å². The van der Waals surface area contributed by atoms with Crippen LogP contribution in [0.25, 0.3) is 0 Å². The maximum absolute atomic E-state index is 13.0. The molecular weight excluding hydrogens is 325 g/mol. The molecule has 0 aliphatic carbocycles. The molecule has 3 nitrogen and oxygen atoms in total. The number of aromatic nitrogens is 2. The van der Waals surface area contributed by atoms with Crippen molar-refractivity contribution < 1.29 is 17.9 Å². The van der Waals surface area contributed by atoms with Crippen LogP contribution in [0.5, 0.6) is 0 Å². The normalized spacial score (nSPS) is 12.8. The van der Waals surface area contributed by atoms with Crippen molar-refractivity contribution in [3.8, 4) is 0 Å². The predicted molar refractivity (Wildman–Crippen MR) is 68.9 cm³/mol. The lowest BCUT2D eigenvalue weighted by atomic mass is 9.95. The first kappa shape index (κ1) is 16.4. The van der Waals surface area contributed by atoms with Gasteiger partial charge in [-0.25, -0.2) is 9.97 Å². The number of methoxy groups -OCH3 is 1. The first-order valence-corrected chi connectivity index (χ1v) is 7.01. The van der Waals surface area contributed by atoms with Crippen LogP contribution in [0.1, 0.15) is 43.8 Å². The number of nitrogens with zero attached hydrogens (tertiary/aromatic N) is 2. The topological polar surface area (TPSA) is 35.0 Å². The number of alkyl halides is 4. The molecule has 0 radical (unpaired) electrons. The molecular formula is C12H16BrF3N2O. The summed E-state index contributed by atoms with van der Waals surface area (Å²) >= 11 is 3.02. The van der Waals surface area contributed by atoms with E-state index in [1.807, 2.05) is 13.8 Å². The molecule has 1 aromatic rings. The van der Waals surface area contributed by atoms with Gasteiger partial charge in [-0.05, 0) is 12.8 Å². The van der Waals surface area contributed by atoms with E-state index in [1.165, 1.54) is 13.3 Å². The Labute approximate surface area is 118 Å². The van der Waals surface area contributed by atoms with E-state index >= 15 is 0 Å². The summed E-state index contributed by atoms with van der Waals surface area (Å²) in [6, 6.07) is 0. The van der Waals surface area contributed by atoms with Gasteiger partial charge in [-0.15, -0.1) is 0 Å². The molecule has 0 saturated heterocycles. The minimum Gasteiger partial charge on any atom is -0.370 e. The van der Waals surface area contributed by atoms with E-state index < -0.39 is 17.5 Å². The lowest BCUT2D eigenvalue weighted by Crippen LogP contribution is -2.31. The quantitative estimate of drug-likeness (QED) is 0.758. The average molecular weight is 341 g/mol. The zero-order chi connectivity index (χ0) is 14.7. The van der Waals surface area contributed by atoms with E-state index in [2.05, 4.69) is 25.9 Å². The molecule has 7 heteroatoms. The molecule has 1 heterocycles. The van der Waals surface area contributed by atoms with Gasteiger partial charge in [0.05, 0.1) is 0 Å². The van der Waals surface area contributed by atoms with Crippen LogP contribution in [0.3, 0.4) is 0 Å². The van der Waals surface area contributed by atoms with E-state index in [1.54, 1.807) is 0 Å². The van der Waals surface area contributed by atoms with E-state index in [0.29, 0.717) is 12.8 Å². The Balaban J connectivity index is 3.40. The first-order valence-electron chi connectivity index (χ1n) is 5.89. The number of hydrogen-bond acceptors (Lipinski definition) is 3. The third kappa shape index (κ3) is 3.25. The molecule has 0 spiro atoms. The Morgan fingerprint density at radius 1 is 1.26 bits per heavy atom. The number of rotatable bonds is 5. The predicted octanol–water partition coefficient (Wildman–Crippen LogP) is 4.05. The lowest BCUT2D eigenvalue weighted by molar-refractivity contribution is -0.142. The fourth-order valence-electron chi connectivity index (χ4n) is 1.92. The molecule has 0 aliphatic heterocycles. The van der Waals surface area contributed by atoms with Crippen molar-refractivity contribution in [3.63, 3.8) is 0 Å². The molecule has 0 unspecified atom stereocenters. The van der Waals surface area contributed by atoms with E-state index in [4.69, 9.17) is 4.74 Å². The van der Waals surface area contributed by atoms with Gasteiger partial charge in [-0.2, -0.15) is 13.2 Å². The van der Waals surface area contributed by atoms with E-state index in [-0.39, 0.29) is 16.7 Å². The third-order valence-corrected chi connectivity index (χ3v) is 3.82. The molecule has 0 atom stereocenters. The molecule has 0 saturated carbocycles. The summed E-state index contributed by atoms with van der Waals surface area (Å²) in [5.74, 6) is 0.0806. The molecule has 0 fully saturated rings. The van der Waals surface area contributed by atoms with Gasteiger partial charge in [-0.1, -0.05) is 29.8 Å². The number of hydrogen-bond donors (Lipinski definition) is 0. The molecule has 0 bridgehead atoms. The molecule has 19 heavy (non-hydrogen) atoms. The summed E-state index contributed by atoms with van der Waals surface area (Å²) < 4.78 is 44.2. The minimum atomic E-state index is -4.50. The summed E-state index contributed by atoms with van der Waals surface area (Å²) in [4.78, 5) is 7.75. The Kier molecular flexibility index (Phi) is 5.32. The standard InChI is InChI=1S/C12H16BrF3N2O/c1-4-11(5-2,19-3)10-17-7-8(6-13)9(18-10)12(14,15)16/h7H,4-6H2,1-3H3. The second-order valence-corrected chi connectivity index (χ2v) is 4.67. The molecule has 1 aromatic heterocycles. The Morgan fingerprint density at radius 2 is 1.84 bits per heavy atom. The second kappa shape index (κ2) is 6.17. The van der Waals surface area contributed by atoms with Crippen LogP contribution in [-0.2, 0) is 21.8 Å². The fraction of sp³-hybridized carbons (Fsp3) is 0.667. The highest BCUT2D eigenvalue weighted by molar-refractivity contribution is 9.08. The van der Waals surface area contributed by atoms with E-state index in [9.17, 15) is 13.2 Å². The van der Waals surface area contributed by atoms with Crippen LogP contribution in [-0.4, -0.2) is 17.1 Å². The Hall–Kier alpha value is -0.690. The van der Waals surface area contributed by atoms with Crippen molar-refractivity contribution in [2.75, 3.05) is 7.11 Å². The monoisotopic (exact) mass is 340 g/mol. The van der Waals surface area contributed by atoms with Crippen molar-refractivity contribution in [1.29, 1.82) is 0 Å². The fourth-order valence-corrected chi connectivity index (χ4v) is 2.33. The maximum Gasteiger partial charge on any atom is 0.433 e. The third-order valence-electron chi connectivity index (χ3n) is 3.22. The smallest absolute Gasteiger partial charge is 0.370 e. The minimum absolute atomic E-state index is 0.0217. The molecule has 0 aliphatic rings. The summed E-state index contributed by atoms with van der Waals surface area (Å²) in [6.45, 7) is 3.67.